The van der Waals surface area contributed by atoms with Gasteiger partial charge in [-0.1, -0.05) is 36.4 Å². The SMILES string of the molecule is COC(=O)[C@@H](Cc1cc(C)c(N)c(OCc2ccccc2)c1)NC(=O)OC(C)(C)C. The average Bonchev–Trinajstić information content (AvgIpc) is 2.67. The zero-order valence-electron chi connectivity index (χ0n) is 18.2. The Kier molecular flexibility index (Phi) is 7.69. The molecule has 162 valence electrons. The largest absolute Gasteiger partial charge is 0.487 e. The van der Waals surface area contributed by atoms with Gasteiger partial charge in [0.2, 0.25) is 0 Å². The lowest BCUT2D eigenvalue weighted by molar-refractivity contribution is -0.143. The second-order valence-corrected chi connectivity index (χ2v) is 8.02. The maximum atomic E-state index is 12.2. The number of nitrogens with one attached hydrogen (secondary N) is 1. The number of carbonyl (C=O) groups excluding carboxylic acids is 2. The predicted molar refractivity (Wildman–Crippen MR) is 115 cm³/mol. The molecule has 0 unspecified atom stereocenters. The van der Waals surface area contributed by atoms with Crippen LogP contribution in [0.3, 0.4) is 0 Å². The van der Waals surface area contributed by atoms with Crippen LogP contribution in [-0.2, 0) is 27.3 Å². The number of amides is 1. The van der Waals surface area contributed by atoms with E-state index in [2.05, 4.69) is 5.32 Å². The number of alkyl carbamates (subject to hydrolysis) is 1. The van der Waals surface area contributed by atoms with E-state index >= 15 is 0 Å². The van der Waals surface area contributed by atoms with E-state index in [1.165, 1.54) is 7.11 Å². The van der Waals surface area contributed by atoms with Crippen LogP contribution in [0.5, 0.6) is 5.75 Å². The third-order valence-electron chi connectivity index (χ3n) is 4.26. The summed E-state index contributed by atoms with van der Waals surface area (Å²) in [6.45, 7) is 7.48. The Morgan fingerprint density at radius 2 is 1.77 bits per heavy atom. The van der Waals surface area contributed by atoms with E-state index < -0.39 is 23.7 Å². The zero-order valence-corrected chi connectivity index (χ0v) is 18.2. The molecule has 0 aliphatic rings. The van der Waals surface area contributed by atoms with Crippen molar-refractivity contribution in [3.05, 3.63) is 59.2 Å². The summed E-state index contributed by atoms with van der Waals surface area (Å²) >= 11 is 0. The van der Waals surface area contributed by atoms with Crippen molar-refractivity contribution in [3.63, 3.8) is 0 Å². The summed E-state index contributed by atoms with van der Waals surface area (Å²) in [4.78, 5) is 24.4. The Hall–Kier alpha value is -3.22. The summed E-state index contributed by atoms with van der Waals surface area (Å²) in [5.41, 5.74) is 8.63. The highest BCUT2D eigenvalue weighted by Crippen LogP contribution is 2.28. The fraction of sp³-hybridized carbons (Fsp3) is 0.391. The molecule has 0 saturated heterocycles. The highest BCUT2D eigenvalue weighted by Gasteiger charge is 2.26. The molecule has 0 saturated carbocycles. The lowest BCUT2D eigenvalue weighted by Gasteiger charge is -2.23. The van der Waals surface area contributed by atoms with E-state index in [1.807, 2.05) is 43.3 Å². The maximum Gasteiger partial charge on any atom is 0.408 e. The predicted octanol–water partition coefficient (Wildman–Crippen LogP) is 3.77. The summed E-state index contributed by atoms with van der Waals surface area (Å²) in [7, 11) is 1.27. The topological polar surface area (TPSA) is 99.9 Å². The molecule has 2 aromatic carbocycles. The minimum Gasteiger partial charge on any atom is -0.487 e. The molecule has 0 spiro atoms. The molecule has 2 aromatic rings. The van der Waals surface area contributed by atoms with Crippen molar-refractivity contribution in [2.45, 2.75) is 52.4 Å². The number of carbonyl (C=O) groups is 2. The Bertz CT molecular complexity index is 875. The average molecular weight is 415 g/mol. The van der Waals surface area contributed by atoms with Crippen molar-refractivity contribution < 1.29 is 23.8 Å². The van der Waals surface area contributed by atoms with E-state index in [-0.39, 0.29) is 6.42 Å². The third-order valence-corrected chi connectivity index (χ3v) is 4.26. The summed E-state index contributed by atoms with van der Waals surface area (Å²) in [6, 6.07) is 12.5. The van der Waals surface area contributed by atoms with Crippen LogP contribution in [0.4, 0.5) is 10.5 Å². The van der Waals surface area contributed by atoms with Crippen molar-refractivity contribution in [2.24, 2.45) is 0 Å². The van der Waals surface area contributed by atoms with Crippen molar-refractivity contribution >= 4 is 17.7 Å². The van der Waals surface area contributed by atoms with Crippen LogP contribution >= 0.6 is 0 Å². The first kappa shape index (κ1) is 23.1. The molecule has 7 heteroatoms. The first-order valence-electron chi connectivity index (χ1n) is 9.72. The first-order valence-corrected chi connectivity index (χ1v) is 9.72. The van der Waals surface area contributed by atoms with Gasteiger partial charge in [-0.05, 0) is 50.5 Å². The van der Waals surface area contributed by atoms with E-state index in [9.17, 15) is 9.59 Å². The molecule has 30 heavy (non-hydrogen) atoms. The highest BCUT2D eigenvalue weighted by atomic mass is 16.6. The van der Waals surface area contributed by atoms with Crippen LogP contribution in [0.2, 0.25) is 0 Å². The molecular weight excluding hydrogens is 384 g/mol. The van der Waals surface area contributed by atoms with Crippen LogP contribution in [0, 0.1) is 6.92 Å². The minimum atomic E-state index is -0.908. The van der Waals surface area contributed by atoms with Gasteiger partial charge in [-0.2, -0.15) is 0 Å². The Labute approximate surface area is 177 Å². The van der Waals surface area contributed by atoms with Gasteiger partial charge in [-0.15, -0.1) is 0 Å². The van der Waals surface area contributed by atoms with Gasteiger partial charge in [0.1, 0.15) is 24.0 Å². The standard InChI is InChI=1S/C23H30N2O5/c1-15-11-17(12-18(21(26)28-5)25-22(27)30-23(2,3)4)13-19(20(15)24)29-14-16-9-7-6-8-10-16/h6-11,13,18H,12,14,24H2,1-5H3,(H,25,27)/t18-/m1/s1. The maximum absolute atomic E-state index is 12.2. The number of hydrogen-bond acceptors (Lipinski definition) is 6. The summed E-state index contributed by atoms with van der Waals surface area (Å²) in [5, 5.41) is 2.58. The highest BCUT2D eigenvalue weighted by molar-refractivity contribution is 5.81. The number of esters is 1. The molecule has 0 aliphatic heterocycles. The van der Waals surface area contributed by atoms with E-state index in [0.29, 0.717) is 18.0 Å². The molecule has 0 aliphatic carbocycles. The monoisotopic (exact) mass is 414 g/mol. The molecular formula is C23H30N2O5. The molecule has 0 aromatic heterocycles. The van der Waals surface area contributed by atoms with Crippen molar-refractivity contribution in [1.29, 1.82) is 0 Å². The molecule has 3 N–H and O–H groups in total. The number of aryl methyl sites for hydroxylation is 1. The van der Waals surface area contributed by atoms with Gasteiger partial charge in [-0.3, -0.25) is 0 Å². The number of methoxy groups -OCH3 is 1. The number of anilines is 1. The van der Waals surface area contributed by atoms with Crippen LogP contribution in [0.1, 0.15) is 37.5 Å². The van der Waals surface area contributed by atoms with Crippen LogP contribution in [0.25, 0.3) is 0 Å². The fourth-order valence-electron chi connectivity index (χ4n) is 2.83. The molecule has 0 heterocycles. The van der Waals surface area contributed by atoms with Crippen molar-refractivity contribution in [2.75, 3.05) is 12.8 Å². The molecule has 0 radical (unpaired) electrons. The van der Waals surface area contributed by atoms with E-state index in [0.717, 1.165) is 16.7 Å². The quantitative estimate of drug-likeness (QED) is 0.528. The van der Waals surface area contributed by atoms with Gasteiger partial charge in [0.25, 0.3) is 0 Å². The normalized spacial score (nSPS) is 12.0. The molecule has 0 bridgehead atoms. The van der Waals surface area contributed by atoms with Gasteiger partial charge in [-0.25, -0.2) is 9.59 Å². The Morgan fingerprint density at radius 3 is 2.37 bits per heavy atom. The minimum absolute atomic E-state index is 0.203. The first-order chi connectivity index (χ1) is 14.1. The van der Waals surface area contributed by atoms with Crippen molar-refractivity contribution in [1.82, 2.24) is 5.32 Å². The summed E-state index contributed by atoms with van der Waals surface area (Å²) < 4.78 is 16.0. The van der Waals surface area contributed by atoms with Gasteiger partial charge in [0.15, 0.2) is 0 Å². The second-order valence-electron chi connectivity index (χ2n) is 8.02. The molecule has 2 rings (SSSR count). The van der Waals surface area contributed by atoms with E-state index in [1.54, 1.807) is 26.8 Å². The number of hydrogen-bond donors (Lipinski definition) is 2. The fourth-order valence-corrected chi connectivity index (χ4v) is 2.83. The van der Waals surface area contributed by atoms with Crippen LogP contribution in [0.15, 0.2) is 42.5 Å². The number of benzene rings is 2. The summed E-state index contributed by atoms with van der Waals surface area (Å²) in [6.07, 6.45) is -0.486. The lowest BCUT2D eigenvalue weighted by atomic mass is 10.0. The Morgan fingerprint density at radius 1 is 1.10 bits per heavy atom. The molecule has 0 fully saturated rings. The van der Waals surface area contributed by atoms with Crippen molar-refractivity contribution in [3.8, 4) is 5.75 Å². The number of nitrogens with two attached hydrogens (primary N) is 1. The Balaban J connectivity index is 2.17. The lowest BCUT2D eigenvalue weighted by Crippen LogP contribution is -2.45. The number of nitrogen functional groups attached to an aromatic ring is 1. The zero-order chi connectivity index (χ0) is 22.3. The number of ether oxygens (including phenoxy) is 3. The number of rotatable bonds is 7. The van der Waals surface area contributed by atoms with Gasteiger partial charge >= 0.3 is 12.1 Å². The second kappa shape index (κ2) is 10.0. The van der Waals surface area contributed by atoms with Crippen LogP contribution in [-0.4, -0.2) is 30.8 Å². The molecule has 7 nitrogen and oxygen atoms in total. The van der Waals surface area contributed by atoms with Crippen LogP contribution < -0.4 is 15.8 Å². The molecule has 1 atom stereocenters. The van der Waals surface area contributed by atoms with Gasteiger partial charge in [0.05, 0.1) is 12.8 Å². The smallest absolute Gasteiger partial charge is 0.408 e. The third kappa shape index (κ3) is 6.99. The summed E-state index contributed by atoms with van der Waals surface area (Å²) in [5.74, 6) is -0.0446. The van der Waals surface area contributed by atoms with Gasteiger partial charge in [0, 0.05) is 6.42 Å². The van der Waals surface area contributed by atoms with Gasteiger partial charge < -0.3 is 25.3 Å². The van der Waals surface area contributed by atoms with E-state index in [4.69, 9.17) is 19.9 Å². The molecule has 1 amide bonds.